The maximum Gasteiger partial charge on any atom is 0.338 e. The SMILES string of the molecule is CCCOC(=O)c1ccc(N2C(=O)C(=O)/C(=C(\O)c3ccc(OC)c(OC)c3)C2c2cccnc2)cc1. The van der Waals surface area contributed by atoms with Gasteiger partial charge < -0.3 is 19.3 Å². The molecule has 3 aromatic rings. The van der Waals surface area contributed by atoms with Crippen LogP contribution in [-0.2, 0) is 14.3 Å². The fraction of sp³-hybridized carbons (Fsp3) is 0.214. The fourth-order valence-corrected chi connectivity index (χ4v) is 4.13. The smallest absolute Gasteiger partial charge is 0.338 e. The number of hydrogen-bond acceptors (Lipinski definition) is 8. The first kappa shape index (κ1) is 25.4. The first-order chi connectivity index (χ1) is 17.9. The second kappa shape index (κ2) is 10.9. The minimum atomic E-state index is -0.959. The number of ketones is 1. The van der Waals surface area contributed by atoms with E-state index in [2.05, 4.69) is 4.98 Å². The lowest BCUT2D eigenvalue weighted by molar-refractivity contribution is -0.132. The van der Waals surface area contributed by atoms with Crippen LogP contribution in [0.15, 0.2) is 72.6 Å². The highest BCUT2D eigenvalue weighted by Crippen LogP contribution is 2.42. The lowest BCUT2D eigenvalue weighted by Crippen LogP contribution is -2.29. The molecule has 0 aliphatic carbocycles. The van der Waals surface area contributed by atoms with Crippen molar-refractivity contribution < 1.29 is 33.7 Å². The largest absolute Gasteiger partial charge is 0.507 e. The predicted molar refractivity (Wildman–Crippen MR) is 136 cm³/mol. The van der Waals surface area contributed by atoms with Crippen LogP contribution in [-0.4, -0.2) is 48.6 Å². The Morgan fingerprint density at radius 3 is 2.32 bits per heavy atom. The van der Waals surface area contributed by atoms with Crippen molar-refractivity contribution in [2.75, 3.05) is 25.7 Å². The van der Waals surface area contributed by atoms with Gasteiger partial charge in [0.25, 0.3) is 11.7 Å². The highest BCUT2D eigenvalue weighted by molar-refractivity contribution is 6.51. The van der Waals surface area contributed by atoms with Crippen LogP contribution in [0, 0.1) is 0 Å². The average Bonchev–Trinajstić information content (AvgIpc) is 3.21. The van der Waals surface area contributed by atoms with Crippen molar-refractivity contribution in [2.24, 2.45) is 0 Å². The molecule has 1 unspecified atom stereocenters. The number of pyridine rings is 1. The Morgan fingerprint density at radius 1 is 1.00 bits per heavy atom. The molecular formula is C28H26N2O7. The number of carbonyl (C=O) groups excluding carboxylic acids is 3. The summed E-state index contributed by atoms with van der Waals surface area (Å²) >= 11 is 0. The molecule has 9 heteroatoms. The van der Waals surface area contributed by atoms with Crippen LogP contribution in [0.3, 0.4) is 0 Å². The number of nitrogens with zero attached hydrogens (tertiary/aromatic N) is 2. The van der Waals surface area contributed by atoms with Gasteiger partial charge in [-0.05, 0) is 60.5 Å². The number of rotatable bonds is 8. The van der Waals surface area contributed by atoms with Gasteiger partial charge in [0.2, 0.25) is 0 Å². The van der Waals surface area contributed by atoms with Gasteiger partial charge in [-0.25, -0.2) is 4.79 Å². The third-order valence-electron chi connectivity index (χ3n) is 5.92. The lowest BCUT2D eigenvalue weighted by Gasteiger charge is -2.25. The van der Waals surface area contributed by atoms with E-state index in [4.69, 9.17) is 14.2 Å². The number of hydrogen-bond donors (Lipinski definition) is 1. The van der Waals surface area contributed by atoms with Crippen LogP contribution >= 0.6 is 0 Å². The molecule has 1 saturated heterocycles. The summed E-state index contributed by atoms with van der Waals surface area (Å²) < 4.78 is 15.7. The van der Waals surface area contributed by atoms with Gasteiger partial charge in [0.05, 0.1) is 38.0 Å². The number of aliphatic hydroxyl groups excluding tert-OH is 1. The zero-order valence-electron chi connectivity index (χ0n) is 20.6. The molecule has 37 heavy (non-hydrogen) atoms. The van der Waals surface area contributed by atoms with Crippen molar-refractivity contribution in [1.29, 1.82) is 0 Å². The molecule has 9 nitrogen and oxygen atoms in total. The normalized spacial score (nSPS) is 16.5. The second-order valence-electron chi connectivity index (χ2n) is 8.21. The van der Waals surface area contributed by atoms with Crippen LogP contribution in [0.2, 0.25) is 0 Å². The third kappa shape index (κ3) is 4.88. The maximum atomic E-state index is 13.3. The van der Waals surface area contributed by atoms with E-state index < -0.39 is 23.7 Å². The molecule has 1 N–H and O–H groups in total. The van der Waals surface area contributed by atoms with Crippen LogP contribution in [0.1, 0.15) is 40.9 Å². The molecule has 1 aromatic heterocycles. The van der Waals surface area contributed by atoms with Crippen molar-refractivity contribution in [2.45, 2.75) is 19.4 Å². The summed E-state index contributed by atoms with van der Waals surface area (Å²) in [5, 5.41) is 11.3. The van der Waals surface area contributed by atoms with Gasteiger partial charge in [-0.15, -0.1) is 0 Å². The summed E-state index contributed by atoms with van der Waals surface area (Å²) in [4.78, 5) is 44.2. The van der Waals surface area contributed by atoms with Gasteiger partial charge in [-0.1, -0.05) is 13.0 Å². The minimum Gasteiger partial charge on any atom is -0.507 e. The molecule has 0 spiro atoms. The lowest BCUT2D eigenvalue weighted by atomic mass is 9.96. The molecule has 0 radical (unpaired) electrons. The summed E-state index contributed by atoms with van der Waals surface area (Å²) in [5.74, 6) is -1.72. The Morgan fingerprint density at radius 2 is 1.70 bits per heavy atom. The van der Waals surface area contributed by atoms with Crippen molar-refractivity contribution in [3.8, 4) is 11.5 Å². The van der Waals surface area contributed by atoms with E-state index in [9.17, 15) is 19.5 Å². The number of aromatic nitrogens is 1. The number of ether oxygens (including phenoxy) is 3. The average molecular weight is 503 g/mol. The molecule has 1 amide bonds. The van der Waals surface area contributed by atoms with Crippen molar-refractivity contribution in [3.05, 3.63) is 89.3 Å². The number of anilines is 1. The van der Waals surface area contributed by atoms with Crippen molar-refractivity contribution in [1.82, 2.24) is 4.98 Å². The van der Waals surface area contributed by atoms with Gasteiger partial charge in [0, 0.05) is 23.6 Å². The highest BCUT2D eigenvalue weighted by Gasteiger charge is 2.47. The van der Waals surface area contributed by atoms with E-state index in [1.165, 1.54) is 43.5 Å². The van der Waals surface area contributed by atoms with E-state index in [0.29, 0.717) is 41.3 Å². The molecule has 0 saturated carbocycles. The first-order valence-electron chi connectivity index (χ1n) is 11.6. The van der Waals surface area contributed by atoms with Gasteiger partial charge >= 0.3 is 5.97 Å². The summed E-state index contributed by atoms with van der Waals surface area (Å²) in [7, 11) is 2.94. The number of benzene rings is 2. The Hall–Kier alpha value is -4.66. The first-order valence-corrected chi connectivity index (χ1v) is 11.6. The van der Waals surface area contributed by atoms with Crippen LogP contribution in [0.4, 0.5) is 5.69 Å². The van der Waals surface area contributed by atoms with Gasteiger partial charge in [0.1, 0.15) is 5.76 Å². The zero-order chi connectivity index (χ0) is 26.5. The zero-order valence-corrected chi connectivity index (χ0v) is 20.6. The van der Waals surface area contributed by atoms with Crippen molar-refractivity contribution in [3.63, 3.8) is 0 Å². The van der Waals surface area contributed by atoms with Gasteiger partial charge in [-0.3, -0.25) is 19.5 Å². The molecule has 190 valence electrons. The Balaban J connectivity index is 1.82. The molecule has 1 atom stereocenters. The van der Waals surface area contributed by atoms with Crippen LogP contribution < -0.4 is 14.4 Å². The van der Waals surface area contributed by atoms with Gasteiger partial charge in [-0.2, -0.15) is 0 Å². The second-order valence-corrected chi connectivity index (χ2v) is 8.21. The quantitative estimate of drug-likeness (QED) is 0.210. The number of Topliss-reactive ketones (excluding diaryl/α,β-unsaturated/α-hetero) is 1. The molecule has 1 fully saturated rings. The Labute approximate surface area is 213 Å². The summed E-state index contributed by atoms with van der Waals surface area (Å²) in [6.07, 6.45) is 3.79. The number of aliphatic hydroxyl groups is 1. The van der Waals surface area contributed by atoms with E-state index >= 15 is 0 Å². The number of esters is 1. The molecule has 2 heterocycles. The van der Waals surface area contributed by atoms with E-state index in [-0.39, 0.29) is 16.9 Å². The summed E-state index contributed by atoms with van der Waals surface area (Å²) in [6, 6.07) is 13.3. The topological polar surface area (TPSA) is 115 Å². The van der Waals surface area contributed by atoms with E-state index in [0.717, 1.165) is 0 Å². The standard InChI is InChI=1S/C28H26N2O7/c1-4-14-37-28(34)17-7-10-20(11-8-17)30-24(19-6-5-13-29-16-19)23(26(32)27(30)33)25(31)18-9-12-21(35-2)22(15-18)36-3/h5-13,15-16,24,31H,4,14H2,1-3H3/b25-23-. The molecule has 1 aliphatic heterocycles. The number of methoxy groups -OCH3 is 2. The third-order valence-corrected chi connectivity index (χ3v) is 5.92. The number of amides is 1. The number of carbonyl (C=O) groups is 3. The van der Waals surface area contributed by atoms with Crippen LogP contribution in [0.25, 0.3) is 5.76 Å². The molecule has 1 aliphatic rings. The molecular weight excluding hydrogens is 476 g/mol. The fourth-order valence-electron chi connectivity index (χ4n) is 4.13. The minimum absolute atomic E-state index is 0.100. The molecule has 4 rings (SSSR count). The highest BCUT2D eigenvalue weighted by atomic mass is 16.5. The van der Waals surface area contributed by atoms with Crippen LogP contribution in [0.5, 0.6) is 11.5 Å². The summed E-state index contributed by atoms with van der Waals surface area (Å²) in [6.45, 7) is 2.19. The van der Waals surface area contributed by atoms with Gasteiger partial charge in [0.15, 0.2) is 11.5 Å². The molecule has 0 bridgehead atoms. The Bertz CT molecular complexity index is 1350. The molecule has 2 aromatic carbocycles. The predicted octanol–water partition coefficient (Wildman–Crippen LogP) is 4.29. The Kier molecular flexibility index (Phi) is 7.52. The van der Waals surface area contributed by atoms with E-state index in [1.54, 1.807) is 42.6 Å². The maximum absolute atomic E-state index is 13.3. The van der Waals surface area contributed by atoms with Crippen molar-refractivity contribution >= 4 is 29.1 Å². The summed E-state index contributed by atoms with van der Waals surface area (Å²) in [5.41, 5.74) is 1.39. The van der Waals surface area contributed by atoms with E-state index in [1.807, 2.05) is 6.92 Å². The monoisotopic (exact) mass is 502 g/mol.